The first-order chi connectivity index (χ1) is 14.3. The van der Waals surface area contributed by atoms with Gasteiger partial charge in [-0.15, -0.1) is 0 Å². The zero-order valence-electron chi connectivity index (χ0n) is 17.3. The largest absolute Gasteiger partial charge is 0.493 e. The second-order valence-corrected chi connectivity index (χ2v) is 8.00. The van der Waals surface area contributed by atoms with Crippen LogP contribution in [0.25, 0.3) is 0 Å². The number of benzene rings is 2. The number of nitrogens with zero attached hydrogens (tertiary/aromatic N) is 1. The topological polar surface area (TPSA) is 38.5 Å². The van der Waals surface area contributed by atoms with Gasteiger partial charge in [0.05, 0.1) is 12.5 Å². The number of ether oxygens (including phenoxy) is 1. The molecule has 30 heavy (non-hydrogen) atoms. The second-order valence-electron chi connectivity index (χ2n) is 8.00. The Bertz CT molecular complexity index is 845. The lowest BCUT2D eigenvalue weighted by Crippen LogP contribution is -2.31. The van der Waals surface area contributed by atoms with E-state index in [0.717, 1.165) is 16.7 Å². The molecule has 0 bridgehead atoms. The van der Waals surface area contributed by atoms with Gasteiger partial charge in [0.15, 0.2) is 0 Å². The average Bonchev–Trinajstić information content (AvgIpc) is 3.35. The SMILES string of the molecule is CI.C[C@H](N)c1ccc(CN2Cc3ccc(OCC4CC4(F)F)cc3C(F)C2)cc1. The molecule has 4 rings (SSSR count). The first-order valence-corrected chi connectivity index (χ1v) is 12.2. The van der Waals surface area contributed by atoms with Gasteiger partial charge < -0.3 is 10.5 Å². The summed E-state index contributed by atoms with van der Waals surface area (Å²) in [5.41, 5.74) is 9.58. The van der Waals surface area contributed by atoms with Crippen LogP contribution < -0.4 is 10.5 Å². The molecule has 2 aromatic rings. The molecule has 164 valence electrons. The van der Waals surface area contributed by atoms with E-state index in [-0.39, 0.29) is 19.1 Å². The smallest absolute Gasteiger partial charge is 0.255 e. The van der Waals surface area contributed by atoms with E-state index in [1.807, 2.05) is 42.2 Å². The van der Waals surface area contributed by atoms with Crippen molar-refractivity contribution in [1.82, 2.24) is 4.90 Å². The Hall–Kier alpha value is -1.32. The Morgan fingerprint density at radius 1 is 1.20 bits per heavy atom. The quantitative estimate of drug-likeness (QED) is 0.377. The second kappa shape index (κ2) is 9.87. The maximum atomic E-state index is 14.8. The lowest BCUT2D eigenvalue weighted by molar-refractivity contribution is 0.0855. The summed E-state index contributed by atoms with van der Waals surface area (Å²) in [6.45, 7) is 3.52. The van der Waals surface area contributed by atoms with Gasteiger partial charge in [-0.05, 0) is 46.2 Å². The van der Waals surface area contributed by atoms with Crippen molar-refractivity contribution in [2.24, 2.45) is 11.7 Å². The molecule has 2 aliphatic rings. The highest BCUT2D eigenvalue weighted by atomic mass is 127. The third-order valence-corrected chi connectivity index (χ3v) is 5.59. The average molecular weight is 532 g/mol. The number of hydrogen-bond acceptors (Lipinski definition) is 3. The lowest BCUT2D eigenvalue weighted by atomic mass is 9.97. The van der Waals surface area contributed by atoms with E-state index in [9.17, 15) is 13.2 Å². The first kappa shape index (κ1) is 23.3. The first-order valence-electron chi connectivity index (χ1n) is 10.0. The van der Waals surface area contributed by atoms with Gasteiger partial charge in [-0.2, -0.15) is 0 Å². The zero-order chi connectivity index (χ0) is 21.9. The van der Waals surface area contributed by atoms with E-state index in [4.69, 9.17) is 10.5 Å². The predicted molar refractivity (Wildman–Crippen MR) is 122 cm³/mol. The normalized spacial score (nSPS) is 23.0. The summed E-state index contributed by atoms with van der Waals surface area (Å²) in [5.74, 6) is -2.85. The van der Waals surface area contributed by atoms with Gasteiger partial charge in [0, 0.05) is 32.1 Å². The van der Waals surface area contributed by atoms with Crippen molar-refractivity contribution in [2.75, 3.05) is 18.1 Å². The maximum absolute atomic E-state index is 14.8. The van der Waals surface area contributed by atoms with Crippen molar-refractivity contribution < 1.29 is 17.9 Å². The molecular weight excluding hydrogens is 504 g/mol. The van der Waals surface area contributed by atoms with Crippen molar-refractivity contribution in [3.05, 3.63) is 64.7 Å². The molecular formula is C23H28F3IN2O. The van der Waals surface area contributed by atoms with Crippen LogP contribution in [0.2, 0.25) is 0 Å². The van der Waals surface area contributed by atoms with E-state index in [1.165, 1.54) is 0 Å². The fourth-order valence-corrected chi connectivity index (χ4v) is 3.68. The van der Waals surface area contributed by atoms with Crippen molar-refractivity contribution >= 4 is 22.6 Å². The molecule has 1 heterocycles. The summed E-state index contributed by atoms with van der Waals surface area (Å²) < 4.78 is 46.2. The highest BCUT2D eigenvalue weighted by Gasteiger charge is 2.57. The molecule has 1 aliphatic heterocycles. The summed E-state index contributed by atoms with van der Waals surface area (Å²) in [7, 11) is 0. The molecule has 1 saturated carbocycles. The van der Waals surface area contributed by atoms with Crippen LogP contribution in [0.1, 0.15) is 47.8 Å². The summed E-state index contributed by atoms with van der Waals surface area (Å²) >= 11 is 2.15. The van der Waals surface area contributed by atoms with Crippen molar-refractivity contribution in [3.8, 4) is 5.75 Å². The molecule has 0 spiro atoms. The number of halogens is 4. The van der Waals surface area contributed by atoms with E-state index >= 15 is 0 Å². The van der Waals surface area contributed by atoms with Crippen LogP contribution in [0, 0.1) is 5.92 Å². The van der Waals surface area contributed by atoms with Crippen molar-refractivity contribution in [1.29, 1.82) is 0 Å². The van der Waals surface area contributed by atoms with Gasteiger partial charge in [0.2, 0.25) is 0 Å². The Morgan fingerprint density at radius 3 is 2.47 bits per heavy atom. The van der Waals surface area contributed by atoms with Crippen LogP contribution in [0.15, 0.2) is 42.5 Å². The van der Waals surface area contributed by atoms with Gasteiger partial charge in [-0.1, -0.05) is 52.9 Å². The Labute approximate surface area is 189 Å². The number of fused-ring (bicyclic) bond motifs is 1. The Balaban J connectivity index is 0.00000124. The van der Waals surface area contributed by atoms with E-state index in [1.54, 1.807) is 12.1 Å². The van der Waals surface area contributed by atoms with Crippen LogP contribution in [0.5, 0.6) is 5.75 Å². The van der Waals surface area contributed by atoms with Gasteiger partial charge in [-0.3, -0.25) is 4.90 Å². The molecule has 2 unspecified atom stereocenters. The molecule has 7 heteroatoms. The molecule has 2 aromatic carbocycles. The highest BCUT2D eigenvalue weighted by molar-refractivity contribution is 14.1. The lowest BCUT2D eigenvalue weighted by Gasteiger charge is -2.31. The standard InChI is InChI=1S/C22H25F3N2O.CH3I/c1-14(26)16-4-2-15(3-5-16)10-27-11-17-6-7-19(8-20(17)21(23)12-27)28-13-18-9-22(18,24)25;1-2/h2-8,14,18,21H,9-13,26H2,1H3;1H3/t14-,18?,21?;/m0./s1. The summed E-state index contributed by atoms with van der Waals surface area (Å²) in [6.07, 6.45) is -1.25. The minimum atomic E-state index is -2.60. The molecule has 1 fully saturated rings. The third kappa shape index (κ3) is 5.68. The number of nitrogens with two attached hydrogens (primary N) is 1. The van der Waals surface area contributed by atoms with Gasteiger partial charge in [-0.25, -0.2) is 13.2 Å². The van der Waals surface area contributed by atoms with Gasteiger partial charge >= 0.3 is 0 Å². The van der Waals surface area contributed by atoms with Gasteiger partial charge in [0.1, 0.15) is 11.9 Å². The van der Waals surface area contributed by atoms with E-state index < -0.39 is 18.0 Å². The Kier molecular flexibility index (Phi) is 7.68. The predicted octanol–water partition coefficient (Wildman–Crippen LogP) is 5.82. The maximum Gasteiger partial charge on any atom is 0.255 e. The molecule has 2 N–H and O–H groups in total. The molecule has 3 atom stereocenters. The molecule has 0 radical (unpaired) electrons. The van der Waals surface area contributed by atoms with E-state index in [2.05, 4.69) is 27.5 Å². The minimum absolute atomic E-state index is 0.00584. The van der Waals surface area contributed by atoms with Crippen molar-refractivity contribution in [2.45, 2.75) is 44.6 Å². The van der Waals surface area contributed by atoms with E-state index in [0.29, 0.717) is 30.9 Å². The molecule has 3 nitrogen and oxygen atoms in total. The molecule has 0 saturated heterocycles. The molecule has 0 amide bonds. The number of rotatable bonds is 6. The fraction of sp³-hybridized carbons (Fsp3) is 0.478. The highest BCUT2D eigenvalue weighted by Crippen LogP contribution is 2.48. The van der Waals surface area contributed by atoms with Crippen molar-refractivity contribution in [3.63, 3.8) is 0 Å². The minimum Gasteiger partial charge on any atom is -0.493 e. The van der Waals surface area contributed by atoms with Crippen LogP contribution in [-0.4, -0.2) is 28.9 Å². The fourth-order valence-electron chi connectivity index (χ4n) is 3.68. The number of alkyl halides is 4. The molecule has 1 aliphatic carbocycles. The summed E-state index contributed by atoms with van der Waals surface area (Å²) in [6, 6.07) is 13.3. The summed E-state index contributed by atoms with van der Waals surface area (Å²) in [4.78, 5) is 4.04. The third-order valence-electron chi connectivity index (χ3n) is 5.59. The Morgan fingerprint density at radius 2 is 1.87 bits per heavy atom. The molecule has 0 aromatic heterocycles. The van der Waals surface area contributed by atoms with Crippen LogP contribution in [-0.2, 0) is 13.1 Å². The summed E-state index contributed by atoms with van der Waals surface area (Å²) in [5, 5.41) is 0. The van der Waals surface area contributed by atoms with Gasteiger partial charge in [0.25, 0.3) is 5.92 Å². The van der Waals surface area contributed by atoms with Crippen LogP contribution in [0.3, 0.4) is 0 Å². The van der Waals surface area contributed by atoms with Crippen LogP contribution in [0.4, 0.5) is 13.2 Å². The van der Waals surface area contributed by atoms with Crippen LogP contribution >= 0.6 is 22.6 Å². The number of hydrogen-bond donors (Lipinski definition) is 1. The monoisotopic (exact) mass is 532 g/mol. The zero-order valence-corrected chi connectivity index (χ0v) is 19.4.